The lowest BCUT2D eigenvalue weighted by molar-refractivity contribution is -0.142. The number of halogens is 1. The van der Waals surface area contributed by atoms with E-state index < -0.39 is 16.5 Å². The van der Waals surface area contributed by atoms with Crippen molar-refractivity contribution in [3.05, 3.63) is 31.9 Å². The molecule has 0 aliphatic heterocycles. The average Bonchev–Trinajstić information content (AvgIpc) is 2.89. The number of aromatic nitrogens is 4. The predicted octanol–water partition coefficient (Wildman–Crippen LogP) is 1.61. The van der Waals surface area contributed by atoms with Gasteiger partial charge in [0.25, 0.3) is 5.56 Å². The van der Waals surface area contributed by atoms with Crippen molar-refractivity contribution in [2.45, 2.75) is 37.7 Å². The van der Waals surface area contributed by atoms with E-state index in [0.717, 1.165) is 11.8 Å². The van der Waals surface area contributed by atoms with Gasteiger partial charge >= 0.3 is 11.7 Å². The molecule has 10 heteroatoms. The van der Waals surface area contributed by atoms with Gasteiger partial charge < -0.3 is 9.30 Å². The lowest BCUT2D eigenvalue weighted by Gasteiger charge is -2.11. The summed E-state index contributed by atoms with van der Waals surface area (Å²) in [5.41, 5.74) is -0.606. The zero-order valence-electron chi connectivity index (χ0n) is 14.3. The molecule has 0 spiro atoms. The van der Waals surface area contributed by atoms with Gasteiger partial charge in [-0.25, -0.2) is 9.78 Å². The first-order chi connectivity index (χ1) is 11.8. The van der Waals surface area contributed by atoms with E-state index >= 15 is 0 Å². The fourth-order valence-corrected chi connectivity index (χ4v) is 3.14. The Bertz CT molecular complexity index is 939. The molecular weight excluding hydrogens is 368 g/mol. The molecule has 2 rings (SSSR count). The lowest BCUT2D eigenvalue weighted by atomic mass is 10.4. The first kappa shape index (κ1) is 19.3. The molecule has 8 nitrogen and oxygen atoms in total. The van der Waals surface area contributed by atoms with Crippen LogP contribution in [-0.4, -0.2) is 36.9 Å². The molecule has 2 aromatic heterocycles. The summed E-state index contributed by atoms with van der Waals surface area (Å²) in [6, 6.07) is 0. The predicted molar refractivity (Wildman–Crippen MR) is 97.2 cm³/mol. The number of imidazole rings is 1. The topological polar surface area (TPSA) is 99.0 Å². The monoisotopic (exact) mass is 386 g/mol. The normalized spacial score (nSPS) is 13.2. The Morgan fingerprint density at radius 3 is 2.76 bits per heavy atom. The van der Waals surface area contributed by atoms with E-state index in [-0.39, 0.29) is 30.3 Å². The zero-order chi connectivity index (χ0) is 18.7. The number of hydrogen-bond acceptors (Lipinski definition) is 6. The second kappa shape index (κ2) is 7.92. The van der Waals surface area contributed by atoms with Gasteiger partial charge in [-0.3, -0.25) is 19.1 Å². The third kappa shape index (κ3) is 4.16. The minimum atomic E-state index is -0.554. The van der Waals surface area contributed by atoms with Crippen molar-refractivity contribution in [3.8, 4) is 0 Å². The summed E-state index contributed by atoms with van der Waals surface area (Å²) >= 11 is 7.05. The molecule has 0 aromatic carbocycles. The number of rotatable bonds is 6. The maximum absolute atomic E-state index is 12.3. The molecule has 0 aliphatic rings. The third-order valence-electron chi connectivity index (χ3n) is 3.43. The van der Waals surface area contributed by atoms with Crippen LogP contribution in [0.1, 0.15) is 20.8 Å². The molecule has 0 amide bonds. The molecule has 136 valence electrons. The van der Waals surface area contributed by atoms with Crippen molar-refractivity contribution in [3.63, 3.8) is 0 Å². The van der Waals surface area contributed by atoms with E-state index in [1.807, 2.05) is 0 Å². The van der Waals surface area contributed by atoms with Crippen LogP contribution in [0.25, 0.3) is 11.2 Å². The van der Waals surface area contributed by atoms with Gasteiger partial charge in [-0.2, -0.15) is 0 Å². The van der Waals surface area contributed by atoms with Gasteiger partial charge in [-0.15, -0.1) is 0 Å². The number of esters is 1. The Labute approximate surface area is 152 Å². The van der Waals surface area contributed by atoms with Crippen LogP contribution in [0, 0.1) is 0 Å². The molecule has 0 aliphatic carbocycles. The maximum atomic E-state index is 12.3. The van der Waals surface area contributed by atoms with Gasteiger partial charge in [0.2, 0.25) is 0 Å². The number of ether oxygens (including phenoxy) is 1. The molecule has 2 aromatic rings. The van der Waals surface area contributed by atoms with E-state index in [9.17, 15) is 14.4 Å². The molecule has 0 bridgehead atoms. The summed E-state index contributed by atoms with van der Waals surface area (Å²) in [6.07, 6.45) is 1.71. The number of aromatic amines is 1. The molecular formula is C15H19ClN4O4S. The van der Waals surface area contributed by atoms with Gasteiger partial charge in [-0.1, -0.05) is 29.4 Å². The highest BCUT2D eigenvalue weighted by Gasteiger charge is 2.22. The Morgan fingerprint density at radius 2 is 2.16 bits per heavy atom. The van der Waals surface area contributed by atoms with E-state index in [0.29, 0.717) is 10.2 Å². The van der Waals surface area contributed by atoms with Crippen molar-refractivity contribution in [1.82, 2.24) is 19.1 Å². The number of H-pyrrole nitrogens is 1. The highest BCUT2D eigenvalue weighted by atomic mass is 35.5. The first-order valence-electron chi connectivity index (χ1n) is 7.61. The van der Waals surface area contributed by atoms with Crippen LogP contribution in [0.2, 0.25) is 0 Å². The average molecular weight is 387 g/mol. The highest BCUT2D eigenvalue weighted by Crippen LogP contribution is 2.26. The molecule has 1 N–H and O–H groups in total. The SMILES string of the molecule is CCOC(=O)C(C)Sc1nc2c(c(=O)[nH]c(=O)n2C)n1C/C=C(\C)Cl. The highest BCUT2D eigenvalue weighted by molar-refractivity contribution is 8.00. The quantitative estimate of drug-likeness (QED) is 0.598. The first-order valence-corrected chi connectivity index (χ1v) is 8.87. The molecule has 0 radical (unpaired) electrons. The Kier molecular flexibility index (Phi) is 6.12. The van der Waals surface area contributed by atoms with Crippen molar-refractivity contribution in [1.29, 1.82) is 0 Å². The Balaban J connectivity index is 2.60. The number of allylic oxidation sites excluding steroid dienone is 2. The van der Waals surface area contributed by atoms with Crippen LogP contribution in [0.5, 0.6) is 0 Å². The molecule has 0 fully saturated rings. The van der Waals surface area contributed by atoms with E-state index in [4.69, 9.17) is 16.3 Å². The summed E-state index contributed by atoms with van der Waals surface area (Å²) in [7, 11) is 1.52. The maximum Gasteiger partial charge on any atom is 0.329 e. The standard InChI is InChI=1S/C15H19ClN4O4S/c1-5-24-13(22)9(3)25-15-17-11-10(20(15)7-6-8(2)16)12(21)18-14(23)19(11)4/h6,9H,5,7H2,1-4H3,(H,18,21,23)/b8-6+. The van der Waals surface area contributed by atoms with Gasteiger partial charge in [0.15, 0.2) is 16.3 Å². The van der Waals surface area contributed by atoms with E-state index in [2.05, 4.69) is 9.97 Å². The number of fused-ring (bicyclic) bond motifs is 1. The van der Waals surface area contributed by atoms with Gasteiger partial charge in [0.1, 0.15) is 5.25 Å². The van der Waals surface area contributed by atoms with Crippen LogP contribution < -0.4 is 11.2 Å². The number of hydrogen-bond donors (Lipinski definition) is 1. The van der Waals surface area contributed by atoms with Crippen LogP contribution in [-0.2, 0) is 23.1 Å². The molecule has 2 heterocycles. The number of carbonyl (C=O) groups excluding carboxylic acids is 1. The van der Waals surface area contributed by atoms with Crippen LogP contribution in [0.4, 0.5) is 0 Å². The lowest BCUT2D eigenvalue weighted by Crippen LogP contribution is -2.29. The molecule has 1 atom stereocenters. The minimum absolute atomic E-state index is 0.243. The second-order valence-electron chi connectivity index (χ2n) is 5.30. The van der Waals surface area contributed by atoms with Crippen LogP contribution >= 0.6 is 23.4 Å². The summed E-state index contributed by atoms with van der Waals surface area (Å²) in [5.74, 6) is -0.377. The van der Waals surface area contributed by atoms with Crippen molar-refractivity contribution in [2.24, 2.45) is 7.05 Å². The smallest absolute Gasteiger partial charge is 0.329 e. The fourth-order valence-electron chi connectivity index (χ4n) is 2.16. The van der Waals surface area contributed by atoms with Crippen molar-refractivity contribution >= 4 is 40.5 Å². The number of aryl methyl sites for hydroxylation is 1. The number of nitrogens with zero attached hydrogens (tertiary/aromatic N) is 3. The molecule has 0 saturated carbocycles. The minimum Gasteiger partial charge on any atom is -0.465 e. The Morgan fingerprint density at radius 1 is 1.48 bits per heavy atom. The number of nitrogens with one attached hydrogen (secondary N) is 1. The van der Waals surface area contributed by atoms with Gasteiger partial charge in [0.05, 0.1) is 6.61 Å². The molecule has 0 saturated heterocycles. The molecule has 25 heavy (non-hydrogen) atoms. The third-order valence-corrected chi connectivity index (χ3v) is 4.65. The van der Waals surface area contributed by atoms with E-state index in [1.165, 1.54) is 11.6 Å². The number of carbonyl (C=O) groups is 1. The summed E-state index contributed by atoms with van der Waals surface area (Å²) < 4.78 is 7.88. The zero-order valence-corrected chi connectivity index (χ0v) is 15.9. The van der Waals surface area contributed by atoms with Crippen molar-refractivity contribution in [2.75, 3.05) is 6.61 Å². The van der Waals surface area contributed by atoms with Gasteiger partial charge in [-0.05, 0) is 20.8 Å². The second-order valence-corrected chi connectivity index (χ2v) is 7.20. The fraction of sp³-hybridized carbons (Fsp3) is 0.467. The van der Waals surface area contributed by atoms with Crippen LogP contribution in [0.3, 0.4) is 0 Å². The van der Waals surface area contributed by atoms with E-state index in [1.54, 1.807) is 31.4 Å². The summed E-state index contributed by atoms with van der Waals surface area (Å²) in [6.45, 7) is 5.70. The molecule has 1 unspecified atom stereocenters. The summed E-state index contributed by atoms with van der Waals surface area (Å²) in [4.78, 5) is 42.6. The largest absolute Gasteiger partial charge is 0.465 e. The van der Waals surface area contributed by atoms with Gasteiger partial charge in [0, 0.05) is 18.6 Å². The van der Waals surface area contributed by atoms with Crippen molar-refractivity contribution < 1.29 is 9.53 Å². The Hall–Kier alpha value is -2.00. The summed E-state index contributed by atoms with van der Waals surface area (Å²) in [5, 5.41) is 0.460. The van der Waals surface area contributed by atoms with Crippen LogP contribution in [0.15, 0.2) is 25.9 Å². The number of thioether (sulfide) groups is 1.